The van der Waals surface area contributed by atoms with Crippen molar-refractivity contribution in [2.45, 2.75) is 13.1 Å². The summed E-state index contributed by atoms with van der Waals surface area (Å²) in [5, 5.41) is 0. The second-order valence-electron chi connectivity index (χ2n) is 3.37. The van der Waals surface area contributed by atoms with Crippen LogP contribution in [0.15, 0.2) is 54.6 Å². The fourth-order valence-corrected chi connectivity index (χ4v) is 1.19. The molecule has 0 heterocycles. The van der Waals surface area contributed by atoms with Crippen molar-refractivity contribution in [2.24, 2.45) is 0 Å². The summed E-state index contributed by atoms with van der Waals surface area (Å²) in [5.74, 6) is -0.540. The summed E-state index contributed by atoms with van der Waals surface area (Å²) in [7, 11) is 0. The molecule has 0 saturated carbocycles. The Labute approximate surface area is 100 Å². The Hall–Kier alpha value is -1.90. The number of rotatable bonds is 5. The van der Waals surface area contributed by atoms with Crippen LogP contribution in [0.4, 0.5) is 4.39 Å². The average Bonchev–Trinajstić information content (AvgIpc) is 2.37. The summed E-state index contributed by atoms with van der Waals surface area (Å²) in [6, 6.07) is 8.64. The third-order valence-corrected chi connectivity index (χ3v) is 2.08. The number of carbonyl (C=O) groups is 1. The third-order valence-electron chi connectivity index (χ3n) is 2.08. The minimum atomic E-state index is -1.29. The predicted molar refractivity (Wildman–Crippen MR) is 65.2 cm³/mol. The molecule has 0 spiro atoms. The zero-order chi connectivity index (χ0) is 12.5. The van der Waals surface area contributed by atoms with E-state index in [1.165, 1.54) is 6.08 Å². The molecule has 1 unspecified atom stereocenters. The summed E-state index contributed by atoms with van der Waals surface area (Å²) < 4.78 is 18.4. The van der Waals surface area contributed by atoms with Crippen molar-refractivity contribution in [1.82, 2.24) is 0 Å². The number of hydrogen-bond acceptors (Lipinski definition) is 2. The Morgan fingerprint density at radius 3 is 2.76 bits per heavy atom. The van der Waals surface area contributed by atoms with Crippen LogP contribution in [0.5, 0.6) is 0 Å². The maximum Gasteiger partial charge on any atom is 0.330 e. The van der Waals surface area contributed by atoms with Gasteiger partial charge in [-0.25, -0.2) is 9.18 Å². The van der Waals surface area contributed by atoms with Gasteiger partial charge in [0.25, 0.3) is 0 Å². The van der Waals surface area contributed by atoms with E-state index in [0.717, 1.165) is 6.08 Å². The van der Waals surface area contributed by atoms with Crippen LogP contribution >= 0.6 is 0 Å². The highest BCUT2D eigenvalue weighted by atomic mass is 19.1. The molecule has 0 N–H and O–H groups in total. The molecule has 1 atom stereocenters. The first kappa shape index (κ1) is 13.2. The lowest BCUT2D eigenvalue weighted by Gasteiger charge is -2.02. The largest absolute Gasteiger partial charge is 0.458 e. The normalized spacial score (nSPS) is 13.1. The number of benzene rings is 1. The van der Waals surface area contributed by atoms with Crippen molar-refractivity contribution < 1.29 is 13.9 Å². The van der Waals surface area contributed by atoms with Gasteiger partial charge in [0, 0.05) is 6.08 Å². The number of allylic oxidation sites excluding steroid dienone is 2. The van der Waals surface area contributed by atoms with E-state index in [9.17, 15) is 9.18 Å². The van der Waals surface area contributed by atoms with Crippen molar-refractivity contribution in [3.8, 4) is 0 Å². The fraction of sp³-hybridized carbons (Fsp3) is 0.214. The second-order valence-corrected chi connectivity index (χ2v) is 3.37. The van der Waals surface area contributed by atoms with Crippen LogP contribution in [0, 0.1) is 0 Å². The van der Waals surface area contributed by atoms with E-state index in [4.69, 9.17) is 4.74 Å². The van der Waals surface area contributed by atoms with Crippen molar-refractivity contribution in [3.63, 3.8) is 0 Å². The predicted octanol–water partition coefficient (Wildman–Crippen LogP) is 3.37. The standard InChI is InChI=1S/C14H15FO2/c1-2-3-11-17-14(16)10-9-13(15)12-7-5-4-6-8-12/h2-10,13H,11H2,1H3/b3-2+,10-9+. The third kappa shape index (κ3) is 5.11. The number of esters is 1. The lowest BCUT2D eigenvalue weighted by molar-refractivity contribution is -0.136. The highest BCUT2D eigenvalue weighted by molar-refractivity contribution is 5.82. The molecule has 1 aromatic rings. The first-order valence-corrected chi connectivity index (χ1v) is 5.39. The molecule has 0 aliphatic rings. The molecular formula is C14H15FO2. The van der Waals surface area contributed by atoms with Gasteiger partial charge in [-0.1, -0.05) is 42.5 Å². The minimum Gasteiger partial charge on any atom is -0.458 e. The van der Waals surface area contributed by atoms with E-state index in [-0.39, 0.29) is 6.61 Å². The highest BCUT2D eigenvalue weighted by Gasteiger charge is 2.05. The molecule has 1 aromatic carbocycles. The van der Waals surface area contributed by atoms with Crippen LogP contribution in [0.3, 0.4) is 0 Å². The minimum absolute atomic E-state index is 0.210. The molecule has 90 valence electrons. The van der Waals surface area contributed by atoms with Crippen LogP contribution in [0.25, 0.3) is 0 Å². The van der Waals surface area contributed by atoms with Gasteiger partial charge in [0.2, 0.25) is 0 Å². The smallest absolute Gasteiger partial charge is 0.330 e. The van der Waals surface area contributed by atoms with Gasteiger partial charge >= 0.3 is 5.97 Å². The van der Waals surface area contributed by atoms with E-state index in [1.807, 2.05) is 13.0 Å². The van der Waals surface area contributed by atoms with Crippen molar-refractivity contribution in [1.29, 1.82) is 0 Å². The molecule has 0 aromatic heterocycles. The Morgan fingerprint density at radius 2 is 2.12 bits per heavy atom. The maximum atomic E-state index is 13.6. The van der Waals surface area contributed by atoms with E-state index >= 15 is 0 Å². The number of alkyl halides is 1. The van der Waals surface area contributed by atoms with Crippen LogP contribution in [0.1, 0.15) is 18.7 Å². The quantitative estimate of drug-likeness (QED) is 0.443. The van der Waals surface area contributed by atoms with Gasteiger partial charge < -0.3 is 4.74 Å². The molecule has 0 aliphatic heterocycles. The van der Waals surface area contributed by atoms with Crippen LogP contribution in [-0.4, -0.2) is 12.6 Å². The molecule has 3 heteroatoms. The summed E-state index contributed by atoms with van der Waals surface area (Å²) >= 11 is 0. The van der Waals surface area contributed by atoms with Gasteiger partial charge in [-0.3, -0.25) is 0 Å². The highest BCUT2D eigenvalue weighted by Crippen LogP contribution is 2.17. The molecule has 17 heavy (non-hydrogen) atoms. The Balaban J connectivity index is 2.45. The zero-order valence-corrected chi connectivity index (χ0v) is 9.68. The number of halogens is 1. The molecule has 0 saturated heterocycles. The van der Waals surface area contributed by atoms with E-state index < -0.39 is 12.1 Å². The van der Waals surface area contributed by atoms with E-state index in [1.54, 1.807) is 36.4 Å². The molecule has 0 aliphatic carbocycles. The Kier molecular flexibility index (Phi) is 5.72. The lowest BCUT2D eigenvalue weighted by Crippen LogP contribution is -2.00. The summed E-state index contributed by atoms with van der Waals surface area (Å²) in [4.78, 5) is 11.1. The molecule has 1 rings (SSSR count). The topological polar surface area (TPSA) is 26.3 Å². The average molecular weight is 234 g/mol. The summed E-state index contributed by atoms with van der Waals surface area (Å²) in [6.45, 7) is 2.04. The van der Waals surface area contributed by atoms with Crippen molar-refractivity contribution in [3.05, 3.63) is 60.2 Å². The van der Waals surface area contributed by atoms with Gasteiger partial charge in [-0.15, -0.1) is 0 Å². The Bertz CT molecular complexity index is 396. The van der Waals surface area contributed by atoms with Crippen LogP contribution < -0.4 is 0 Å². The molecular weight excluding hydrogens is 219 g/mol. The monoisotopic (exact) mass is 234 g/mol. The van der Waals surface area contributed by atoms with E-state index in [2.05, 4.69) is 0 Å². The molecule has 0 fully saturated rings. The van der Waals surface area contributed by atoms with Gasteiger partial charge in [-0.2, -0.15) is 0 Å². The van der Waals surface area contributed by atoms with Crippen LogP contribution in [0.2, 0.25) is 0 Å². The second kappa shape index (κ2) is 7.39. The van der Waals surface area contributed by atoms with Crippen molar-refractivity contribution in [2.75, 3.05) is 6.61 Å². The lowest BCUT2D eigenvalue weighted by atomic mass is 10.1. The first-order valence-electron chi connectivity index (χ1n) is 5.39. The maximum absolute atomic E-state index is 13.6. The summed E-state index contributed by atoms with van der Waals surface area (Å²) in [5.41, 5.74) is 0.519. The van der Waals surface area contributed by atoms with Gasteiger partial charge in [0.15, 0.2) is 0 Å². The SMILES string of the molecule is C/C=C/COC(=O)/C=C/C(F)c1ccccc1. The molecule has 2 nitrogen and oxygen atoms in total. The first-order chi connectivity index (χ1) is 8.24. The number of carbonyl (C=O) groups excluding carboxylic acids is 1. The number of ether oxygens (including phenoxy) is 1. The van der Waals surface area contributed by atoms with Gasteiger partial charge in [0.1, 0.15) is 12.8 Å². The van der Waals surface area contributed by atoms with Crippen molar-refractivity contribution >= 4 is 5.97 Å². The number of hydrogen-bond donors (Lipinski definition) is 0. The molecule has 0 amide bonds. The van der Waals surface area contributed by atoms with E-state index in [0.29, 0.717) is 5.56 Å². The van der Waals surface area contributed by atoms with Gasteiger partial charge in [0.05, 0.1) is 0 Å². The van der Waals surface area contributed by atoms with Crippen LogP contribution in [-0.2, 0) is 9.53 Å². The van der Waals surface area contributed by atoms with Gasteiger partial charge in [-0.05, 0) is 18.6 Å². The fourth-order valence-electron chi connectivity index (χ4n) is 1.19. The molecule has 0 radical (unpaired) electrons. The summed E-state index contributed by atoms with van der Waals surface area (Å²) in [6.07, 6.45) is 4.49. The zero-order valence-electron chi connectivity index (χ0n) is 9.68. The Morgan fingerprint density at radius 1 is 1.41 bits per heavy atom. The molecule has 0 bridgehead atoms.